The third-order valence-electron chi connectivity index (χ3n) is 5.20. The molecule has 0 radical (unpaired) electrons. The number of nitrogens with zero attached hydrogens (tertiary/aromatic N) is 1. The minimum absolute atomic E-state index is 0. The third kappa shape index (κ3) is 6.44. The number of sulfonamides is 1. The molecule has 2 N–H and O–H groups in total. The van der Waals surface area contributed by atoms with Crippen molar-refractivity contribution >= 4 is 45.8 Å². The Morgan fingerprint density at radius 2 is 1.94 bits per heavy atom. The summed E-state index contributed by atoms with van der Waals surface area (Å²) in [5.74, 6) is -1.26. The summed E-state index contributed by atoms with van der Waals surface area (Å²) < 4.78 is 48.1. The number of amides is 1. The van der Waals surface area contributed by atoms with E-state index in [9.17, 15) is 17.6 Å². The van der Waals surface area contributed by atoms with Crippen LogP contribution in [0.4, 0.5) is 4.39 Å². The monoisotopic (exact) mass is 517 g/mol. The summed E-state index contributed by atoms with van der Waals surface area (Å²) in [6, 6.07) is 8.70. The van der Waals surface area contributed by atoms with Crippen LogP contribution in [0.2, 0.25) is 5.02 Å². The van der Waals surface area contributed by atoms with Gasteiger partial charge in [0, 0.05) is 29.2 Å². The van der Waals surface area contributed by atoms with Gasteiger partial charge < -0.3 is 10.1 Å². The summed E-state index contributed by atoms with van der Waals surface area (Å²) in [7, 11) is -4.14. The quantitative estimate of drug-likeness (QED) is 0.426. The first-order chi connectivity index (χ1) is 15.2. The van der Waals surface area contributed by atoms with Crippen molar-refractivity contribution in [2.45, 2.75) is 43.7 Å². The first-order valence-corrected chi connectivity index (χ1v) is 12.1. The van der Waals surface area contributed by atoms with E-state index in [1.165, 1.54) is 36.4 Å². The minimum Gasteiger partial charge on any atom is -0.478 e. The van der Waals surface area contributed by atoms with Crippen molar-refractivity contribution in [2.24, 2.45) is 0 Å². The third-order valence-corrected chi connectivity index (χ3v) is 7.33. The van der Waals surface area contributed by atoms with E-state index in [1.54, 1.807) is 6.92 Å². The number of carbonyl (C=O) groups excluding carboxylic acids is 1. The zero-order valence-corrected chi connectivity index (χ0v) is 20.4. The van der Waals surface area contributed by atoms with Gasteiger partial charge >= 0.3 is 0 Å². The van der Waals surface area contributed by atoms with Crippen molar-refractivity contribution in [2.75, 3.05) is 13.2 Å². The van der Waals surface area contributed by atoms with Crippen LogP contribution >= 0.6 is 24.0 Å². The number of rotatable bonds is 7. The lowest BCUT2D eigenvalue weighted by atomic mass is 10.1. The van der Waals surface area contributed by atoms with Crippen LogP contribution in [0.1, 0.15) is 37.3 Å². The molecule has 0 spiro atoms. The van der Waals surface area contributed by atoms with Gasteiger partial charge in [-0.3, -0.25) is 10.2 Å². The van der Waals surface area contributed by atoms with E-state index in [0.717, 1.165) is 16.8 Å². The highest BCUT2D eigenvalue weighted by Crippen LogP contribution is 2.27. The first-order valence-electron chi connectivity index (χ1n) is 10.3. The van der Waals surface area contributed by atoms with Crippen LogP contribution in [0.15, 0.2) is 47.4 Å². The first kappa shape index (κ1) is 27.0. The second kappa shape index (κ2) is 11.8. The number of hydrogen-bond donors (Lipinski definition) is 2. The molecule has 1 fully saturated rings. The second-order valence-corrected chi connectivity index (χ2v) is 9.70. The fraction of sp³-hybridized carbons (Fsp3) is 0.364. The summed E-state index contributed by atoms with van der Waals surface area (Å²) in [5.41, 5.74) is 0.333. The molecule has 180 valence electrons. The summed E-state index contributed by atoms with van der Waals surface area (Å²) in [5, 5.41) is 10.9. The average Bonchev–Trinajstić information content (AvgIpc) is 2.97. The van der Waals surface area contributed by atoms with Crippen molar-refractivity contribution in [3.8, 4) is 0 Å². The molecule has 33 heavy (non-hydrogen) atoms. The standard InChI is InChI=1S/C22H25ClFN3O4S.ClH/c1-2-31-21(25)15-6-7-16(19(24)13-15)14-27(20-5-3-4-12-26-22(20)28)32(29,30)18-10-8-17(23)9-11-18;/h6-11,13,20,25H,2-5,12,14H2,1H3,(H,26,28);1H/t20-;/m1./s1. The second-order valence-electron chi connectivity index (χ2n) is 7.38. The molecule has 0 aliphatic carbocycles. The maximum absolute atomic E-state index is 14.9. The molecule has 0 aromatic heterocycles. The number of ether oxygens (including phenoxy) is 1. The SMILES string of the molecule is CCOC(=N)c1ccc(CN([C@@H]2CCCCNC2=O)S(=O)(=O)c2ccc(Cl)cc2)c(F)c1.Cl. The van der Waals surface area contributed by atoms with Crippen molar-refractivity contribution in [1.29, 1.82) is 5.41 Å². The molecule has 2 aromatic carbocycles. The maximum atomic E-state index is 14.9. The van der Waals surface area contributed by atoms with E-state index in [0.29, 0.717) is 24.4 Å². The van der Waals surface area contributed by atoms with Crippen molar-refractivity contribution in [1.82, 2.24) is 9.62 Å². The van der Waals surface area contributed by atoms with Crippen LogP contribution in [-0.4, -0.2) is 43.7 Å². The van der Waals surface area contributed by atoms with Crippen LogP contribution in [0.25, 0.3) is 0 Å². The Labute approximate surface area is 204 Å². The molecule has 1 heterocycles. The number of benzene rings is 2. The Morgan fingerprint density at radius 3 is 2.58 bits per heavy atom. The van der Waals surface area contributed by atoms with Gasteiger partial charge in [0.25, 0.3) is 0 Å². The summed E-state index contributed by atoms with van der Waals surface area (Å²) in [6.45, 7) is 2.12. The summed E-state index contributed by atoms with van der Waals surface area (Å²) in [6.07, 6.45) is 1.72. The largest absolute Gasteiger partial charge is 0.478 e. The lowest BCUT2D eigenvalue weighted by molar-refractivity contribution is -0.124. The lowest BCUT2D eigenvalue weighted by Gasteiger charge is -2.29. The van der Waals surface area contributed by atoms with Crippen molar-refractivity contribution in [3.63, 3.8) is 0 Å². The molecule has 1 saturated heterocycles. The molecular formula is C22H26Cl2FN3O4S. The molecular weight excluding hydrogens is 492 g/mol. The Morgan fingerprint density at radius 1 is 1.24 bits per heavy atom. The van der Waals surface area contributed by atoms with Crippen LogP contribution in [-0.2, 0) is 26.1 Å². The molecule has 2 aromatic rings. The van der Waals surface area contributed by atoms with Gasteiger partial charge in [-0.15, -0.1) is 12.4 Å². The molecule has 0 saturated carbocycles. The van der Waals surface area contributed by atoms with Crippen molar-refractivity contribution in [3.05, 3.63) is 64.4 Å². The molecule has 1 aliphatic heterocycles. The number of nitrogens with one attached hydrogen (secondary N) is 2. The zero-order chi connectivity index (χ0) is 23.3. The lowest BCUT2D eigenvalue weighted by Crippen LogP contribution is -2.48. The van der Waals surface area contributed by atoms with Crippen LogP contribution < -0.4 is 5.32 Å². The fourth-order valence-corrected chi connectivity index (χ4v) is 5.24. The molecule has 1 amide bonds. The number of hydrogen-bond acceptors (Lipinski definition) is 5. The molecule has 0 bridgehead atoms. The number of carbonyl (C=O) groups is 1. The summed E-state index contributed by atoms with van der Waals surface area (Å²) >= 11 is 5.90. The highest BCUT2D eigenvalue weighted by atomic mass is 35.5. The average molecular weight is 518 g/mol. The van der Waals surface area contributed by atoms with Crippen LogP contribution in [0.3, 0.4) is 0 Å². The smallest absolute Gasteiger partial charge is 0.244 e. The zero-order valence-electron chi connectivity index (χ0n) is 18.0. The maximum Gasteiger partial charge on any atom is 0.244 e. The van der Waals surface area contributed by atoms with Gasteiger partial charge in [0.1, 0.15) is 11.9 Å². The van der Waals surface area contributed by atoms with Crippen molar-refractivity contribution < 1.29 is 22.3 Å². The van der Waals surface area contributed by atoms with E-state index >= 15 is 0 Å². The van der Waals surface area contributed by atoms with E-state index in [1.807, 2.05) is 0 Å². The van der Waals surface area contributed by atoms with Gasteiger partial charge in [-0.05, 0) is 62.6 Å². The van der Waals surface area contributed by atoms with Gasteiger partial charge in [-0.2, -0.15) is 4.31 Å². The highest BCUT2D eigenvalue weighted by Gasteiger charge is 2.37. The Bertz CT molecular complexity index is 1100. The van der Waals surface area contributed by atoms with Crippen LogP contribution in [0.5, 0.6) is 0 Å². The minimum atomic E-state index is -4.14. The summed E-state index contributed by atoms with van der Waals surface area (Å²) in [4.78, 5) is 12.7. The van der Waals surface area contributed by atoms with Gasteiger partial charge in [0.15, 0.2) is 0 Å². The highest BCUT2D eigenvalue weighted by molar-refractivity contribution is 7.89. The predicted molar refractivity (Wildman–Crippen MR) is 127 cm³/mol. The van der Waals surface area contributed by atoms with Gasteiger partial charge in [0.2, 0.25) is 21.8 Å². The van der Waals surface area contributed by atoms with E-state index < -0.39 is 27.8 Å². The Balaban J connectivity index is 0.00000385. The van der Waals surface area contributed by atoms with E-state index in [2.05, 4.69) is 5.32 Å². The van der Waals surface area contributed by atoms with E-state index in [4.69, 9.17) is 21.7 Å². The van der Waals surface area contributed by atoms with Gasteiger partial charge in [0.05, 0.1) is 11.5 Å². The number of halogens is 3. The topological polar surface area (TPSA) is 99.6 Å². The van der Waals surface area contributed by atoms with Gasteiger partial charge in [-0.25, -0.2) is 12.8 Å². The van der Waals surface area contributed by atoms with Gasteiger partial charge in [-0.1, -0.05) is 17.7 Å². The predicted octanol–water partition coefficient (Wildman–Crippen LogP) is 4.12. The normalized spacial score (nSPS) is 16.5. The molecule has 3 rings (SSSR count). The molecule has 1 aliphatic rings. The molecule has 1 atom stereocenters. The fourth-order valence-electron chi connectivity index (χ4n) is 3.51. The Hall–Kier alpha value is -2.20. The molecule has 0 unspecified atom stereocenters. The van der Waals surface area contributed by atoms with Crippen LogP contribution in [0, 0.1) is 11.2 Å². The molecule has 7 nitrogen and oxygen atoms in total. The van der Waals surface area contributed by atoms with E-state index in [-0.39, 0.29) is 47.5 Å². The Kier molecular flexibility index (Phi) is 9.66. The molecule has 11 heteroatoms.